The Balaban J connectivity index is 3.47. The normalized spacial score (nSPS) is 17.8. The van der Waals surface area contributed by atoms with Crippen LogP contribution < -0.4 is 0 Å². The van der Waals surface area contributed by atoms with E-state index in [1.54, 1.807) is 0 Å². The maximum absolute atomic E-state index is 9.44. The number of rotatable bonds is 8. The standard InChI is InChI=1S/C10H22O4/c1-2-4-9(13)10(14)6-3-5-8(12)7-11/h8-14H,2-7H2,1H3. The van der Waals surface area contributed by atoms with Crippen molar-refractivity contribution in [2.24, 2.45) is 0 Å². The fourth-order valence-electron chi connectivity index (χ4n) is 1.33. The molecular formula is C10H22O4. The summed E-state index contributed by atoms with van der Waals surface area (Å²) in [6.45, 7) is 1.71. The Kier molecular flexibility index (Phi) is 8.08. The van der Waals surface area contributed by atoms with Gasteiger partial charge in [-0.1, -0.05) is 13.3 Å². The molecule has 0 aromatic rings. The van der Waals surface area contributed by atoms with E-state index in [9.17, 15) is 10.2 Å². The van der Waals surface area contributed by atoms with E-state index < -0.39 is 18.3 Å². The van der Waals surface area contributed by atoms with Gasteiger partial charge in [0.05, 0.1) is 24.9 Å². The van der Waals surface area contributed by atoms with Crippen LogP contribution in [0.2, 0.25) is 0 Å². The molecule has 0 aliphatic rings. The first-order chi connectivity index (χ1) is 6.61. The summed E-state index contributed by atoms with van der Waals surface area (Å²) in [5.41, 5.74) is 0. The molecule has 14 heavy (non-hydrogen) atoms. The van der Waals surface area contributed by atoms with Crippen LogP contribution in [0.1, 0.15) is 39.0 Å². The minimum Gasteiger partial charge on any atom is -0.394 e. The highest BCUT2D eigenvalue weighted by molar-refractivity contribution is 4.67. The van der Waals surface area contributed by atoms with Crippen molar-refractivity contribution in [1.29, 1.82) is 0 Å². The smallest absolute Gasteiger partial charge is 0.0799 e. The lowest BCUT2D eigenvalue weighted by Crippen LogP contribution is -2.26. The Hall–Kier alpha value is -0.160. The molecule has 0 fully saturated rings. The fraction of sp³-hybridized carbons (Fsp3) is 1.00. The number of hydrogen-bond acceptors (Lipinski definition) is 4. The predicted octanol–water partition coefficient (Wildman–Crippen LogP) is 0.0318. The predicted molar refractivity (Wildman–Crippen MR) is 53.9 cm³/mol. The molecule has 3 unspecified atom stereocenters. The van der Waals surface area contributed by atoms with Crippen LogP contribution in [-0.2, 0) is 0 Å². The molecule has 0 rings (SSSR count). The van der Waals surface area contributed by atoms with Gasteiger partial charge in [0.2, 0.25) is 0 Å². The molecule has 3 atom stereocenters. The summed E-state index contributed by atoms with van der Waals surface area (Å²) in [6, 6.07) is 0. The summed E-state index contributed by atoms with van der Waals surface area (Å²) in [5, 5.41) is 36.4. The van der Waals surface area contributed by atoms with Crippen molar-refractivity contribution in [3.63, 3.8) is 0 Å². The van der Waals surface area contributed by atoms with E-state index in [1.807, 2.05) is 6.92 Å². The molecular weight excluding hydrogens is 184 g/mol. The molecule has 4 nitrogen and oxygen atoms in total. The zero-order chi connectivity index (χ0) is 11.0. The van der Waals surface area contributed by atoms with Crippen LogP contribution in [0, 0.1) is 0 Å². The minimum atomic E-state index is -0.708. The summed E-state index contributed by atoms with van der Waals surface area (Å²) < 4.78 is 0. The topological polar surface area (TPSA) is 80.9 Å². The first kappa shape index (κ1) is 13.8. The van der Waals surface area contributed by atoms with Crippen molar-refractivity contribution in [1.82, 2.24) is 0 Å². The fourth-order valence-corrected chi connectivity index (χ4v) is 1.33. The van der Waals surface area contributed by atoms with Gasteiger partial charge in [0.25, 0.3) is 0 Å². The molecule has 0 aromatic heterocycles. The van der Waals surface area contributed by atoms with E-state index in [1.165, 1.54) is 0 Å². The third-order valence-corrected chi connectivity index (χ3v) is 2.28. The summed E-state index contributed by atoms with van der Waals surface area (Å²) in [7, 11) is 0. The Morgan fingerprint density at radius 1 is 0.929 bits per heavy atom. The lowest BCUT2D eigenvalue weighted by atomic mass is 10.0. The second kappa shape index (κ2) is 8.17. The molecule has 0 bridgehead atoms. The summed E-state index contributed by atoms with van der Waals surface area (Å²) in [6.07, 6.45) is 0.924. The monoisotopic (exact) mass is 206 g/mol. The summed E-state index contributed by atoms with van der Waals surface area (Å²) in [4.78, 5) is 0. The Labute approximate surface area is 85.2 Å². The van der Waals surface area contributed by atoms with Crippen molar-refractivity contribution in [3.8, 4) is 0 Å². The zero-order valence-corrected chi connectivity index (χ0v) is 8.76. The second-order valence-corrected chi connectivity index (χ2v) is 3.69. The Morgan fingerprint density at radius 3 is 2.00 bits per heavy atom. The van der Waals surface area contributed by atoms with Crippen molar-refractivity contribution >= 4 is 0 Å². The van der Waals surface area contributed by atoms with E-state index in [4.69, 9.17) is 10.2 Å². The third-order valence-electron chi connectivity index (χ3n) is 2.28. The highest BCUT2D eigenvalue weighted by Crippen LogP contribution is 2.10. The van der Waals surface area contributed by atoms with E-state index in [0.29, 0.717) is 25.7 Å². The molecule has 0 spiro atoms. The Morgan fingerprint density at radius 2 is 1.50 bits per heavy atom. The molecule has 0 aliphatic carbocycles. The number of aliphatic hydroxyl groups is 4. The van der Waals surface area contributed by atoms with Crippen LogP contribution in [-0.4, -0.2) is 45.3 Å². The lowest BCUT2D eigenvalue weighted by Gasteiger charge is -2.17. The van der Waals surface area contributed by atoms with Crippen LogP contribution in [0.3, 0.4) is 0 Å². The average molecular weight is 206 g/mol. The molecule has 0 saturated carbocycles. The number of aliphatic hydroxyl groups excluding tert-OH is 4. The highest BCUT2D eigenvalue weighted by Gasteiger charge is 2.15. The van der Waals surface area contributed by atoms with Gasteiger partial charge in [-0.2, -0.15) is 0 Å². The van der Waals surface area contributed by atoms with E-state index in [0.717, 1.165) is 6.42 Å². The van der Waals surface area contributed by atoms with Gasteiger partial charge >= 0.3 is 0 Å². The molecule has 4 N–H and O–H groups in total. The lowest BCUT2D eigenvalue weighted by molar-refractivity contribution is 0.00480. The first-order valence-electron chi connectivity index (χ1n) is 5.26. The maximum atomic E-state index is 9.44. The molecule has 4 heteroatoms. The van der Waals surface area contributed by atoms with Gasteiger partial charge < -0.3 is 20.4 Å². The van der Waals surface area contributed by atoms with Gasteiger partial charge in [-0.3, -0.25) is 0 Å². The van der Waals surface area contributed by atoms with E-state index in [-0.39, 0.29) is 6.61 Å². The van der Waals surface area contributed by atoms with Crippen LogP contribution in [0.25, 0.3) is 0 Å². The van der Waals surface area contributed by atoms with Crippen LogP contribution in [0.5, 0.6) is 0 Å². The van der Waals surface area contributed by atoms with Crippen LogP contribution >= 0.6 is 0 Å². The third kappa shape index (κ3) is 6.32. The Bertz CT molecular complexity index is 129. The number of hydrogen-bond donors (Lipinski definition) is 4. The van der Waals surface area contributed by atoms with Gasteiger partial charge in [0, 0.05) is 0 Å². The highest BCUT2D eigenvalue weighted by atomic mass is 16.3. The SMILES string of the molecule is CCCC(O)C(O)CCCC(O)CO. The van der Waals surface area contributed by atoms with Gasteiger partial charge in [-0.05, 0) is 25.7 Å². The van der Waals surface area contributed by atoms with Crippen LogP contribution in [0.4, 0.5) is 0 Å². The van der Waals surface area contributed by atoms with E-state index in [2.05, 4.69) is 0 Å². The molecule has 0 amide bonds. The van der Waals surface area contributed by atoms with E-state index >= 15 is 0 Å². The van der Waals surface area contributed by atoms with Crippen molar-refractivity contribution in [3.05, 3.63) is 0 Å². The average Bonchev–Trinajstić information content (AvgIpc) is 2.17. The molecule has 86 valence electrons. The largest absolute Gasteiger partial charge is 0.394 e. The summed E-state index contributed by atoms with van der Waals surface area (Å²) in [5.74, 6) is 0. The zero-order valence-electron chi connectivity index (χ0n) is 8.76. The van der Waals surface area contributed by atoms with Crippen molar-refractivity contribution < 1.29 is 20.4 Å². The van der Waals surface area contributed by atoms with Gasteiger partial charge in [0.15, 0.2) is 0 Å². The molecule has 0 aliphatic heterocycles. The van der Waals surface area contributed by atoms with Crippen LogP contribution in [0.15, 0.2) is 0 Å². The van der Waals surface area contributed by atoms with Crippen molar-refractivity contribution in [2.75, 3.05) is 6.61 Å². The quantitative estimate of drug-likeness (QED) is 0.452. The van der Waals surface area contributed by atoms with Gasteiger partial charge in [0.1, 0.15) is 0 Å². The molecule has 0 radical (unpaired) electrons. The maximum Gasteiger partial charge on any atom is 0.0799 e. The minimum absolute atomic E-state index is 0.242. The molecule has 0 aromatic carbocycles. The van der Waals surface area contributed by atoms with Gasteiger partial charge in [-0.25, -0.2) is 0 Å². The van der Waals surface area contributed by atoms with Crippen molar-refractivity contribution in [2.45, 2.75) is 57.3 Å². The first-order valence-corrected chi connectivity index (χ1v) is 5.26. The molecule has 0 heterocycles. The molecule has 0 saturated heterocycles. The second-order valence-electron chi connectivity index (χ2n) is 3.69. The summed E-state index contributed by atoms with van der Waals surface area (Å²) >= 11 is 0. The van der Waals surface area contributed by atoms with Gasteiger partial charge in [-0.15, -0.1) is 0 Å².